The predicted octanol–water partition coefficient (Wildman–Crippen LogP) is 6.11. The second kappa shape index (κ2) is 33.0. The van der Waals surface area contributed by atoms with Gasteiger partial charge in [-0.3, -0.25) is 4.79 Å². The lowest BCUT2D eigenvalue weighted by Crippen LogP contribution is -2.60. The Morgan fingerprint density at radius 1 is 0.642 bits per heavy atom. The van der Waals surface area contributed by atoms with E-state index in [9.17, 15) is 40.5 Å². The molecule has 0 spiro atoms. The molecule has 1 fully saturated rings. The molecule has 53 heavy (non-hydrogen) atoms. The van der Waals surface area contributed by atoms with Gasteiger partial charge in [-0.05, 0) is 38.5 Å². The molecule has 0 aromatic rings. The number of unbranched alkanes of at least 4 members (excludes halogenated alkanes) is 21. The number of carbonyl (C=O) groups excluding carboxylic acids is 1. The fraction of sp³-hybridized carbons (Fsp3) is 0.929. The first-order valence-electron chi connectivity index (χ1n) is 21.6. The summed E-state index contributed by atoms with van der Waals surface area (Å²) in [5.41, 5.74) is 0. The smallest absolute Gasteiger partial charge is 0.249 e. The van der Waals surface area contributed by atoms with E-state index in [-0.39, 0.29) is 6.42 Å². The molecule has 1 saturated heterocycles. The van der Waals surface area contributed by atoms with Gasteiger partial charge in [0.15, 0.2) is 6.29 Å². The van der Waals surface area contributed by atoms with Crippen LogP contribution in [0.25, 0.3) is 0 Å². The third-order valence-electron chi connectivity index (χ3n) is 10.6. The minimum Gasteiger partial charge on any atom is -0.394 e. The number of ether oxygens (including phenoxy) is 2. The Hall–Kier alpha value is -1.15. The number of nitrogens with one attached hydrogen (secondary N) is 1. The molecule has 0 radical (unpaired) electrons. The average molecular weight is 760 g/mol. The fourth-order valence-electron chi connectivity index (χ4n) is 6.90. The van der Waals surface area contributed by atoms with Crippen LogP contribution in [-0.4, -0.2) is 110 Å². The summed E-state index contributed by atoms with van der Waals surface area (Å²) >= 11 is 0. The fourth-order valence-corrected chi connectivity index (χ4v) is 6.90. The van der Waals surface area contributed by atoms with Gasteiger partial charge >= 0.3 is 0 Å². The highest BCUT2D eigenvalue weighted by molar-refractivity contribution is 5.80. The molecule has 1 amide bonds. The van der Waals surface area contributed by atoms with Gasteiger partial charge in [-0.25, -0.2) is 0 Å². The summed E-state index contributed by atoms with van der Waals surface area (Å²) < 4.78 is 11.0. The summed E-state index contributed by atoms with van der Waals surface area (Å²) in [7, 11) is 0. The molecule has 11 nitrogen and oxygen atoms in total. The third-order valence-corrected chi connectivity index (χ3v) is 10.6. The number of aliphatic hydroxyl groups excluding tert-OH is 7. The summed E-state index contributed by atoms with van der Waals surface area (Å²) in [5.74, 6) is -0.705. The highest BCUT2D eigenvalue weighted by atomic mass is 16.7. The minimum atomic E-state index is -1.66. The predicted molar refractivity (Wildman–Crippen MR) is 210 cm³/mol. The zero-order valence-electron chi connectivity index (χ0n) is 33.5. The Kier molecular flexibility index (Phi) is 31.1. The molecule has 0 saturated carbocycles. The highest BCUT2D eigenvalue weighted by Crippen LogP contribution is 2.23. The van der Waals surface area contributed by atoms with Crippen LogP contribution in [0.4, 0.5) is 0 Å². The molecule has 314 valence electrons. The van der Waals surface area contributed by atoms with Gasteiger partial charge in [0.25, 0.3) is 0 Å². The van der Waals surface area contributed by atoms with Crippen LogP contribution < -0.4 is 5.32 Å². The van der Waals surface area contributed by atoms with Crippen LogP contribution in [0, 0.1) is 0 Å². The zero-order chi connectivity index (χ0) is 39.1. The Balaban J connectivity index is 2.41. The van der Waals surface area contributed by atoms with E-state index in [0.29, 0.717) is 19.3 Å². The van der Waals surface area contributed by atoms with E-state index in [0.717, 1.165) is 57.8 Å². The van der Waals surface area contributed by atoms with Crippen molar-refractivity contribution in [3.05, 3.63) is 12.2 Å². The second-order valence-corrected chi connectivity index (χ2v) is 15.4. The number of hydrogen-bond donors (Lipinski definition) is 8. The Morgan fingerprint density at radius 3 is 1.58 bits per heavy atom. The molecule has 11 heteroatoms. The van der Waals surface area contributed by atoms with Gasteiger partial charge in [0.2, 0.25) is 5.91 Å². The van der Waals surface area contributed by atoms with E-state index in [1.54, 1.807) is 0 Å². The monoisotopic (exact) mass is 760 g/mol. The summed E-state index contributed by atoms with van der Waals surface area (Å²) in [6.07, 6.45) is 21.5. The number of rotatable bonds is 35. The molecule has 0 aromatic heterocycles. The molecular weight excluding hydrogens is 678 g/mol. The van der Waals surface area contributed by atoms with Crippen LogP contribution in [0.5, 0.6) is 0 Å². The van der Waals surface area contributed by atoms with Crippen LogP contribution in [0.1, 0.15) is 181 Å². The molecular formula is C42H81NO10. The van der Waals surface area contributed by atoms with Gasteiger partial charge in [0, 0.05) is 0 Å². The lowest BCUT2D eigenvalue weighted by molar-refractivity contribution is -0.303. The molecule has 9 unspecified atom stereocenters. The largest absolute Gasteiger partial charge is 0.394 e. The van der Waals surface area contributed by atoms with Crippen LogP contribution in [0.3, 0.4) is 0 Å². The van der Waals surface area contributed by atoms with Crippen molar-refractivity contribution in [2.75, 3.05) is 13.2 Å². The Morgan fingerprint density at radius 2 is 1.09 bits per heavy atom. The van der Waals surface area contributed by atoms with Crippen molar-refractivity contribution >= 4 is 5.91 Å². The topological polar surface area (TPSA) is 189 Å². The van der Waals surface area contributed by atoms with Gasteiger partial charge in [0.1, 0.15) is 36.6 Å². The van der Waals surface area contributed by atoms with Gasteiger partial charge < -0.3 is 50.5 Å². The standard InChI is InChI=1S/C42H81NO10/c1-3-5-7-9-11-12-13-14-15-16-17-18-19-20-21-22-24-26-28-30-35(46)41(51)43-33(37(47)34(45)29-27-25-23-10-8-6-4-2)32-52-42-40(50)39(49)38(48)36(31-44)53-42/h17-18,33-40,42,44-50H,3-16,19-32H2,1-2H3,(H,43,51)/b18-17-. The first-order chi connectivity index (χ1) is 25.7. The van der Waals surface area contributed by atoms with E-state index in [1.807, 2.05) is 0 Å². The van der Waals surface area contributed by atoms with Crippen molar-refractivity contribution in [3.8, 4) is 0 Å². The summed E-state index contributed by atoms with van der Waals surface area (Å²) in [4.78, 5) is 13.0. The number of aliphatic hydroxyl groups is 7. The third kappa shape index (κ3) is 23.5. The number of hydrogen-bond acceptors (Lipinski definition) is 10. The Bertz CT molecular complexity index is 877. The normalized spacial score (nSPS) is 22.9. The molecule has 1 rings (SSSR count). The Labute approximate surface area is 322 Å². The van der Waals surface area contributed by atoms with Gasteiger partial charge in [0.05, 0.1) is 25.4 Å². The minimum absolute atomic E-state index is 0.254. The van der Waals surface area contributed by atoms with Gasteiger partial charge in [-0.2, -0.15) is 0 Å². The summed E-state index contributed by atoms with van der Waals surface area (Å²) in [5, 5.41) is 75.1. The van der Waals surface area contributed by atoms with E-state index in [1.165, 1.54) is 83.5 Å². The highest BCUT2D eigenvalue weighted by Gasteiger charge is 2.44. The maximum atomic E-state index is 13.0. The zero-order valence-corrected chi connectivity index (χ0v) is 33.5. The molecule has 9 atom stereocenters. The molecule has 1 aliphatic heterocycles. The van der Waals surface area contributed by atoms with Gasteiger partial charge in [-0.15, -0.1) is 0 Å². The van der Waals surface area contributed by atoms with Crippen molar-refractivity contribution < 1.29 is 50.0 Å². The van der Waals surface area contributed by atoms with E-state index in [4.69, 9.17) is 9.47 Å². The molecule has 0 bridgehead atoms. The van der Waals surface area contributed by atoms with Crippen LogP contribution in [-0.2, 0) is 14.3 Å². The first-order valence-corrected chi connectivity index (χ1v) is 21.6. The van der Waals surface area contributed by atoms with E-state index < -0.39 is 74.2 Å². The van der Waals surface area contributed by atoms with Crippen LogP contribution in [0.2, 0.25) is 0 Å². The molecule has 8 N–H and O–H groups in total. The number of amides is 1. The maximum absolute atomic E-state index is 13.0. The molecule has 0 aromatic carbocycles. The lowest BCUT2D eigenvalue weighted by atomic mass is 9.98. The average Bonchev–Trinajstić information content (AvgIpc) is 3.16. The molecule has 1 aliphatic rings. The van der Waals surface area contributed by atoms with Crippen molar-refractivity contribution in [1.29, 1.82) is 0 Å². The summed E-state index contributed by atoms with van der Waals surface area (Å²) in [6.45, 7) is 3.36. The molecule has 0 aliphatic carbocycles. The maximum Gasteiger partial charge on any atom is 0.249 e. The van der Waals surface area contributed by atoms with Crippen molar-refractivity contribution in [2.24, 2.45) is 0 Å². The molecule has 1 heterocycles. The first kappa shape index (κ1) is 49.9. The SMILES string of the molecule is CCCCCCCCCCC/C=C\CCCCCCCCC(O)C(=O)NC(COC1OC(CO)C(O)C(O)C1O)C(O)C(O)CCCCCCCCC. The summed E-state index contributed by atoms with van der Waals surface area (Å²) in [6, 6.07) is -1.16. The number of carbonyl (C=O) groups is 1. The van der Waals surface area contributed by atoms with E-state index in [2.05, 4.69) is 31.3 Å². The van der Waals surface area contributed by atoms with Crippen molar-refractivity contribution in [2.45, 2.75) is 236 Å². The van der Waals surface area contributed by atoms with E-state index >= 15 is 0 Å². The van der Waals surface area contributed by atoms with Gasteiger partial charge in [-0.1, -0.05) is 154 Å². The van der Waals surface area contributed by atoms with Crippen LogP contribution >= 0.6 is 0 Å². The second-order valence-electron chi connectivity index (χ2n) is 15.4. The quantitative estimate of drug-likeness (QED) is 0.0277. The van der Waals surface area contributed by atoms with Crippen molar-refractivity contribution in [1.82, 2.24) is 5.32 Å². The number of allylic oxidation sites excluding steroid dienone is 2. The lowest BCUT2D eigenvalue weighted by Gasteiger charge is -2.40. The van der Waals surface area contributed by atoms with Crippen LogP contribution in [0.15, 0.2) is 12.2 Å². The van der Waals surface area contributed by atoms with Crippen molar-refractivity contribution in [3.63, 3.8) is 0 Å².